The van der Waals surface area contributed by atoms with Gasteiger partial charge in [-0.15, -0.1) is 0 Å². The number of nitrogens with zero attached hydrogens (tertiary/aromatic N) is 1. The second kappa shape index (κ2) is 6.31. The monoisotopic (exact) mass is 349 g/mol. The summed E-state index contributed by atoms with van der Waals surface area (Å²) in [6, 6.07) is 5.70. The molecule has 1 amide bonds. The van der Waals surface area contributed by atoms with Crippen molar-refractivity contribution in [2.75, 3.05) is 23.8 Å². The Kier molecular flexibility index (Phi) is 4.79. The molecule has 1 aliphatic rings. The van der Waals surface area contributed by atoms with Crippen LogP contribution in [0.15, 0.2) is 24.3 Å². The summed E-state index contributed by atoms with van der Waals surface area (Å²) < 4.78 is 58.9. The molecule has 1 aliphatic heterocycles. The number of rotatable bonds is 6. The van der Waals surface area contributed by atoms with E-state index in [0.29, 0.717) is 12.2 Å². The molecule has 1 aromatic rings. The van der Waals surface area contributed by atoms with Gasteiger partial charge in [-0.05, 0) is 24.3 Å². The Labute approximate surface area is 133 Å². The molecule has 1 saturated heterocycles. The predicted octanol–water partition coefficient (Wildman–Crippen LogP) is 2.64. The Bertz CT molecular complexity index is 673. The summed E-state index contributed by atoms with van der Waals surface area (Å²) in [5.74, 6) is -0.816. The molecule has 0 aliphatic carbocycles. The van der Waals surface area contributed by atoms with Crippen molar-refractivity contribution in [3.63, 3.8) is 0 Å². The van der Waals surface area contributed by atoms with Crippen LogP contribution >= 0.6 is 0 Å². The van der Waals surface area contributed by atoms with Crippen LogP contribution in [0.3, 0.4) is 0 Å². The van der Waals surface area contributed by atoms with Gasteiger partial charge in [-0.2, -0.15) is 8.42 Å². The largest absolute Gasteiger partial charge is 0.447 e. The molecule has 0 spiro atoms. The number of carbonyl (C=O) groups excluding carboxylic acids is 1. The average Bonchev–Trinajstić information content (AvgIpc) is 2.84. The summed E-state index contributed by atoms with van der Waals surface area (Å²) >= 11 is 0. The van der Waals surface area contributed by atoms with Crippen molar-refractivity contribution in [2.24, 2.45) is 5.41 Å². The molecule has 23 heavy (non-hydrogen) atoms. The number of anilines is 1. The second-order valence-corrected chi connectivity index (χ2v) is 7.41. The Hall–Kier alpha value is -1.90. The molecule has 0 radical (unpaired) electrons. The van der Waals surface area contributed by atoms with Crippen LogP contribution in [0.2, 0.25) is 0 Å². The van der Waals surface area contributed by atoms with Gasteiger partial charge in [0.1, 0.15) is 12.4 Å². The lowest BCUT2D eigenvalue weighted by molar-refractivity contribution is 0.0337. The highest BCUT2D eigenvalue weighted by Gasteiger charge is 2.36. The molecule has 6 nitrogen and oxygen atoms in total. The van der Waals surface area contributed by atoms with Gasteiger partial charge in [0.15, 0.2) is 0 Å². The van der Waals surface area contributed by atoms with E-state index in [4.69, 9.17) is 8.92 Å². The van der Waals surface area contributed by atoms with Crippen LogP contribution < -0.4 is 9.08 Å². The summed E-state index contributed by atoms with van der Waals surface area (Å²) in [5, 5.41) is 0. The lowest BCUT2D eigenvalue weighted by Gasteiger charge is -2.22. The van der Waals surface area contributed by atoms with Crippen molar-refractivity contribution >= 4 is 21.9 Å². The van der Waals surface area contributed by atoms with E-state index in [0.717, 1.165) is 13.8 Å². The molecule has 1 fully saturated rings. The van der Waals surface area contributed by atoms with Crippen molar-refractivity contribution in [1.82, 2.24) is 0 Å². The number of cyclic esters (lactones) is 1. The number of amides is 1. The minimum absolute atomic E-state index is 0.00798. The van der Waals surface area contributed by atoms with E-state index >= 15 is 0 Å². The van der Waals surface area contributed by atoms with Crippen LogP contribution in [0.25, 0.3) is 0 Å². The number of halogens is 2. The molecular weight excluding hydrogens is 332 g/mol. The van der Waals surface area contributed by atoms with Crippen LogP contribution in [0, 0.1) is 5.41 Å². The maximum Gasteiger partial charge on any atom is 0.414 e. The van der Waals surface area contributed by atoms with Gasteiger partial charge in [-0.25, -0.2) is 13.6 Å². The third-order valence-electron chi connectivity index (χ3n) is 3.27. The lowest BCUT2D eigenvalue weighted by atomic mass is 9.98. The first-order chi connectivity index (χ1) is 10.6. The molecule has 0 aromatic heterocycles. The van der Waals surface area contributed by atoms with Crippen LogP contribution in [0.4, 0.5) is 19.3 Å². The molecule has 0 saturated carbocycles. The molecule has 1 heterocycles. The minimum Gasteiger partial charge on any atom is -0.447 e. The van der Waals surface area contributed by atoms with E-state index in [-0.39, 0.29) is 12.4 Å². The van der Waals surface area contributed by atoms with Gasteiger partial charge < -0.3 is 8.92 Å². The van der Waals surface area contributed by atoms with E-state index in [2.05, 4.69) is 0 Å². The Balaban J connectivity index is 2.07. The first kappa shape index (κ1) is 17.5. The minimum atomic E-state index is -4.17. The number of benzene rings is 1. The van der Waals surface area contributed by atoms with Gasteiger partial charge in [0, 0.05) is 11.1 Å². The third kappa shape index (κ3) is 4.31. The van der Waals surface area contributed by atoms with Crippen molar-refractivity contribution < 1.29 is 30.9 Å². The van der Waals surface area contributed by atoms with Crippen LogP contribution in [-0.4, -0.2) is 39.8 Å². The highest BCUT2D eigenvalue weighted by atomic mass is 32.2. The maximum atomic E-state index is 12.8. The second-order valence-electron chi connectivity index (χ2n) is 5.83. The van der Waals surface area contributed by atoms with Gasteiger partial charge in [-0.1, -0.05) is 13.8 Å². The Morgan fingerprint density at radius 1 is 1.30 bits per heavy atom. The number of carbonyl (C=O) groups is 1. The van der Waals surface area contributed by atoms with E-state index in [1.54, 1.807) is 0 Å². The van der Waals surface area contributed by atoms with Gasteiger partial charge in [0.05, 0.1) is 12.3 Å². The summed E-state index contributed by atoms with van der Waals surface area (Å²) in [4.78, 5) is 12.8. The number of ether oxygens (including phenoxy) is 1. The zero-order chi connectivity index (χ0) is 17.3. The fourth-order valence-electron chi connectivity index (χ4n) is 2.00. The zero-order valence-electron chi connectivity index (χ0n) is 12.7. The van der Waals surface area contributed by atoms with Crippen LogP contribution in [0.1, 0.15) is 13.8 Å². The molecule has 2 rings (SSSR count). The SMILES string of the molecule is CC(C)(CS(=O)(=O)Oc1ccc(N2CCOC2=O)cc1)C(F)F. The normalized spacial score (nSPS) is 15.9. The summed E-state index contributed by atoms with van der Waals surface area (Å²) in [7, 11) is -4.17. The standard InChI is InChI=1S/C14H17F2NO5S/c1-14(2,12(15)16)9-23(19,20)22-11-5-3-10(4-6-11)17-7-8-21-13(17)18/h3-6,12H,7-9H2,1-2H3. The average molecular weight is 349 g/mol. The molecule has 0 bridgehead atoms. The fraction of sp³-hybridized carbons (Fsp3) is 0.500. The smallest absolute Gasteiger partial charge is 0.414 e. The van der Waals surface area contributed by atoms with E-state index < -0.39 is 33.8 Å². The molecule has 0 unspecified atom stereocenters. The van der Waals surface area contributed by atoms with E-state index in [1.807, 2.05) is 0 Å². The van der Waals surface area contributed by atoms with Crippen molar-refractivity contribution in [3.8, 4) is 5.75 Å². The summed E-state index contributed by atoms with van der Waals surface area (Å²) in [6.45, 7) is 3.00. The van der Waals surface area contributed by atoms with Crippen LogP contribution in [-0.2, 0) is 14.9 Å². The molecule has 0 atom stereocenters. The van der Waals surface area contributed by atoms with E-state index in [9.17, 15) is 22.0 Å². The number of hydrogen-bond acceptors (Lipinski definition) is 5. The topological polar surface area (TPSA) is 72.9 Å². The Morgan fingerprint density at radius 3 is 2.39 bits per heavy atom. The Morgan fingerprint density at radius 2 is 1.91 bits per heavy atom. The van der Waals surface area contributed by atoms with Crippen LogP contribution in [0.5, 0.6) is 5.75 Å². The van der Waals surface area contributed by atoms with Crippen molar-refractivity contribution in [3.05, 3.63) is 24.3 Å². The summed E-state index contributed by atoms with van der Waals surface area (Å²) in [5.41, 5.74) is -1.18. The third-order valence-corrected chi connectivity index (χ3v) is 4.82. The first-order valence-electron chi connectivity index (χ1n) is 6.85. The van der Waals surface area contributed by atoms with Crippen molar-refractivity contribution in [1.29, 1.82) is 0 Å². The highest BCUT2D eigenvalue weighted by molar-refractivity contribution is 7.87. The number of alkyl halides is 2. The zero-order valence-corrected chi connectivity index (χ0v) is 13.5. The molecule has 0 N–H and O–H groups in total. The van der Waals surface area contributed by atoms with Gasteiger partial charge in [0.25, 0.3) is 0 Å². The van der Waals surface area contributed by atoms with Gasteiger partial charge in [-0.3, -0.25) is 4.90 Å². The summed E-state index contributed by atoms with van der Waals surface area (Å²) in [6.07, 6.45) is -3.27. The van der Waals surface area contributed by atoms with E-state index in [1.165, 1.54) is 29.2 Å². The quantitative estimate of drug-likeness (QED) is 0.738. The molecule has 1 aromatic carbocycles. The maximum absolute atomic E-state index is 12.8. The number of hydrogen-bond donors (Lipinski definition) is 0. The van der Waals surface area contributed by atoms with Gasteiger partial charge in [0.2, 0.25) is 6.43 Å². The molecule has 128 valence electrons. The first-order valence-corrected chi connectivity index (χ1v) is 8.43. The van der Waals surface area contributed by atoms with Gasteiger partial charge >= 0.3 is 16.2 Å². The molecular formula is C14H17F2NO5S. The lowest BCUT2D eigenvalue weighted by Crippen LogP contribution is -2.33. The predicted molar refractivity (Wildman–Crippen MR) is 79.3 cm³/mol. The highest BCUT2D eigenvalue weighted by Crippen LogP contribution is 2.28. The fourth-order valence-corrected chi connectivity index (χ4v) is 3.50. The molecule has 9 heteroatoms. The van der Waals surface area contributed by atoms with Crippen molar-refractivity contribution in [2.45, 2.75) is 20.3 Å².